The number of aromatic amines is 1. The molecule has 2 rings (SSSR count). The van der Waals surface area contributed by atoms with Crippen LogP contribution in [0.4, 0.5) is 5.69 Å². The Morgan fingerprint density at radius 2 is 2.11 bits per heavy atom. The van der Waals surface area contributed by atoms with Gasteiger partial charge in [-0.1, -0.05) is 0 Å². The number of aromatic nitrogens is 2. The number of nitrogens with zero attached hydrogens (tertiary/aromatic N) is 1. The van der Waals surface area contributed by atoms with Gasteiger partial charge in [0.25, 0.3) is 5.91 Å². The van der Waals surface area contributed by atoms with Gasteiger partial charge in [-0.3, -0.25) is 9.89 Å². The Morgan fingerprint density at radius 3 is 2.67 bits per heavy atom. The highest BCUT2D eigenvalue weighted by atomic mass is 79.9. The lowest BCUT2D eigenvalue weighted by molar-refractivity contribution is 0.0696. The number of hydrogen-bond acceptors (Lipinski definition) is 3. The molecule has 3 N–H and O–H groups in total. The number of rotatable bonds is 3. The molecule has 0 aliphatic carbocycles. The Balaban J connectivity index is 2.20. The van der Waals surface area contributed by atoms with Gasteiger partial charge in [-0.2, -0.15) is 5.10 Å². The summed E-state index contributed by atoms with van der Waals surface area (Å²) in [5.74, 6) is -1.35. The van der Waals surface area contributed by atoms with E-state index >= 15 is 0 Å². The van der Waals surface area contributed by atoms with E-state index in [1.165, 1.54) is 30.6 Å². The maximum atomic E-state index is 11.7. The molecule has 1 amide bonds. The third kappa shape index (κ3) is 2.57. The molecule has 1 aromatic heterocycles. The number of hydrogen-bond donors (Lipinski definition) is 3. The van der Waals surface area contributed by atoms with Crippen LogP contribution in [0, 0.1) is 0 Å². The first-order valence-electron chi connectivity index (χ1n) is 4.91. The molecule has 0 unspecified atom stereocenters. The van der Waals surface area contributed by atoms with Crippen LogP contribution < -0.4 is 5.32 Å². The van der Waals surface area contributed by atoms with Gasteiger partial charge in [0.05, 0.1) is 23.0 Å². The predicted octanol–water partition coefficient (Wildman–Crippen LogP) is 2.12. The highest BCUT2D eigenvalue weighted by molar-refractivity contribution is 9.10. The molecule has 1 heterocycles. The first-order valence-corrected chi connectivity index (χ1v) is 5.70. The van der Waals surface area contributed by atoms with Crippen LogP contribution in [0.1, 0.15) is 20.7 Å². The van der Waals surface area contributed by atoms with Crippen LogP contribution >= 0.6 is 15.9 Å². The third-order valence-corrected chi connectivity index (χ3v) is 2.88. The lowest BCUT2D eigenvalue weighted by Gasteiger charge is -2.06. The Labute approximate surface area is 110 Å². The average Bonchev–Trinajstić information content (AvgIpc) is 2.85. The fourth-order valence-electron chi connectivity index (χ4n) is 1.32. The molecule has 0 radical (unpaired) electrons. The van der Waals surface area contributed by atoms with Crippen LogP contribution in [0.15, 0.2) is 35.1 Å². The summed E-state index contributed by atoms with van der Waals surface area (Å²) in [6.45, 7) is 0. The Hall–Kier alpha value is -2.15. The van der Waals surface area contributed by atoms with Crippen molar-refractivity contribution in [3.63, 3.8) is 0 Å². The summed E-state index contributed by atoms with van der Waals surface area (Å²) in [5, 5.41) is 17.7. The summed E-state index contributed by atoms with van der Waals surface area (Å²) in [7, 11) is 0. The lowest BCUT2D eigenvalue weighted by atomic mass is 10.2. The summed E-state index contributed by atoms with van der Waals surface area (Å²) < 4.78 is 0.499. The van der Waals surface area contributed by atoms with Gasteiger partial charge in [-0.25, -0.2) is 4.79 Å². The van der Waals surface area contributed by atoms with Gasteiger partial charge >= 0.3 is 5.97 Å². The molecule has 0 saturated heterocycles. The molecule has 2 aromatic rings. The third-order valence-electron chi connectivity index (χ3n) is 2.22. The molecular weight excluding hydrogens is 302 g/mol. The fraction of sp³-hybridized carbons (Fsp3) is 0. The SMILES string of the molecule is O=C(O)c1ccc(NC(=O)c2cn[nH]c2)c(Br)c1. The molecule has 92 valence electrons. The van der Waals surface area contributed by atoms with E-state index in [4.69, 9.17) is 5.11 Å². The maximum absolute atomic E-state index is 11.7. The average molecular weight is 310 g/mol. The van der Waals surface area contributed by atoms with Crippen molar-refractivity contribution in [2.45, 2.75) is 0 Å². The van der Waals surface area contributed by atoms with Crippen LogP contribution in [0.25, 0.3) is 0 Å². The maximum Gasteiger partial charge on any atom is 0.335 e. The molecule has 18 heavy (non-hydrogen) atoms. The molecule has 1 aromatic carbocycles. The molecule has 7 heteroatoms. The van der Waals surface area contributed by atoms with Crippen LogP contribution in [0.3, 0.4) is 0 Å². The zero-order valence-electron chi connectivity index (χ0n) is 8.98. The Kier molecular flexibility index (Phi) is 3.42. The second-order valence-corrected chi connectivity index (χ2v) is 4.30. The van der Waals surface area contributed by atoms with Gasteiger partial charge < -0.3 is 10.4 Å². The quantitative estimate of drug-likeness (QED) is 0.809. The number of carbonyl (C=O) groups excluding carboxylic acids is 1. The van der Waals surface area contributed by atoms with Crippen LogP contribution in [-0.2, 0) is 0 Å². The smallest absolute Gasteiger partial charge is 0.335 e. The van der Waals surface area contributed by atoms with Crippen molar-refractivity contribution in [3.05, 3.63) is 46.2 Å². The van der Waals surface area contributed by atoms with E-state index < -0.39 is 5.97 Å². The Bertz CT molecular complexity index is 596. The number of carboxylic acid groups (broad SMARTS) is 1. The first kappa shape index (κ1) is 12.3. The summed E-state index contributed by atoms with van der Waals surface area (Å²) in [6, 6.07) is 4.36. The van der Waals surface area contributed by atoms with Crippen molar-refractivity contribution in [1.29, 1.82) is 0 Å². The van der Waals surface area contributed by atoms with E-state index in [0.717, 1.165) is 0 Å². The molecule has 6 nitrogen and oxygen atoms in total. The predicted molar refractivity (Wildman–Crippen MR) is 67.6 cm³/mol. The minimum Gasteiger partial charge on any atom is -0.478 e. The van der Waals surface area contributed by atoms with Crippen LogP contribution in [0.5, 0.6) is 0 Å². The van der Waals surface area contributed by atoms with E-state index in [1.807, 2.05) is 0 Å². The molecule has 0 saturated carbocycles. The largest absolute Gasteiger partial charge is 0.478 e. The lowest BCUT2D eigenvalue weighted by Crippen LogP contribution is -2.11. The number of amides is 1. The van der Waals surface area contributed by atoms with Crippen molar-refractivity contribution >= 4 is 33.5 Å². The number of carbonyl (C=O) groups is 2. The normalized spacial score (nSPS) is 10.1. The summed E-state index contributed by atoms with van der Waals surface area (Å²) in [4.78, 5) is 22.5. The van der Waals surface area contributed by atoms with Crippen LogP contribution in [0.2, 0.25) is 0 Å². The van der Waals surface area contributed by atoms with Gasteiger partial charge in [0.1, 0.15) is 0 Å². The minimum absolute atomic E-state index is 0.142. The van der Waals surface area contributed by atoms with Crippen LogP contribution in [-0.4, -0.2) is 27.2 Å². The van der Waals surface area contributed by atoms with Gasteiger partial charge in [-0.05, 0) is 34.1 Å². The number of H-pyrrole nitrogens is 1. The highest BCUT2D eigenvalue weighted by Gasteiger charge is 2.11. The van der Waals surface area contributed by atoms with E-state index in [0.29, 0.717) is 15.7 Å². The number of anilines is 1. The van der Waals surface area contributed by atoms with Gasteiger partial charge in [0.2, 0.25) is 0 Å². The van der Waals surface area contributed by atoms with E-state index in [1.54, 1.807) is 0 Å². The number of carboxylic acids is 1. The number of benzene rings is 1. The molecule has 0 aliphatic rings. The van der Waals surface area contributed by atoms with E-state index in [9.17, 15) is 9.59 Å². The fourth-order valence-corrected chi connectivity index (χ4v) is 1.80. The standard InChI is InChI=1S/C11H8BrN3O3/c12-8-3-6(11(17)18)1-2-9(8)15-10(16)7-4-13-14-5-7/h1-5H,(H,13,14)(H,15,16)(H,17,18). The van der Waals surface area contributed by atoms with Gasteiger partial charge in [-0.15, -0.1) is 0 Å². The molecule has 0 spiro atoms. The van der Waals surface area contributed by atoms with Crippen molar-refractivity contribution in [2.75, 3.05) is 5.32 Å². The first-order chi connectivity index (χ1) is 8.58. The molecule has 0 fully saturated rings. The number of nitrogens with one attached hydrogen (secondary N) is 2. The van der Waals surface area contributed by atoms with Crippen molar-refractivity contribution < 1.29 is 14.7 Å². The van der Waals surface area contributed by atoms with Gasteiger partial charge in [0.15, 0.2) is 0 Å². The van der Waals surface area contributed by atoms with E-state index in [2.05, 4.69) is 31.4 Å². The molecule has 0 bridgehead atoms. The van der Waals surface area contributed by atoms with Crippen molar-refractivity contribution in [3.8, 4) is 0 Å². The van der Waals surface area contributed by atoms with Crippen molar-refractivity contribution in [1.82, 2.24) is 10.2 Å². The monoisotopic (exact) mass is 309 g/mol. The highest BCUT2D eigenvalue weighted by Crippen LogP contribution is 2.24. The molecular formula is C11H8BrN3O3. The number of halogens is 1. The zero-order valence-corrected chi connectivity index (χ0v) is 10.6. The second kappa shape index (κ2) is 5.01. The molecule has 0 atom stereocenters. The van der Waals surface area contributed by atoms with Gasteiger partial charge in [0, 0.05) is 10.7 Å². The summed E-state index contributed by atoms with van der Waals surface area (Å²) >= 11 is 3.21. The summed E-state index contributed by atoms with van der Waals surface area (Å²) in [6.07, 6.45) is 2.86. The zero-order chi connectivity index (χ0) is 13.1. The summed E-state index contributed by atoms with van der Waals surface area (Å²) in [5.41, 5.74) is 1.03. The van der Waals surface area contributed by atoms with Crippen molar-refractivity contribution in [2.24, 2.45) is 0 Å². The molecule has 0 aliphatic heterocycles. The second-order valence-electron chi connectivity index (χ2n) is 3.44. The minimum atomic E-state index is -1.02. The topological polar surface area (TPSA) is 95.1 Å². The number of aromatic carboxylic acids is 1. The Morgan fingerprint density at radius 1 is 1.33 bits per heavy atom. The van der Waals surface area contributed by atoms with E-state index in [-0.39, 0.29) is 11.5 Å².